The Morgan fingerprint density at radius 2 is 2.22 bits per heavy atom. The Morgan fingerprint density at radius 3 is 2.89 bits per heavy atom. The number of amides is 1. The Hall–Kier alpha value is -1.18. The number of hydrogen-bond donors (Lipinski definition) is 2. The van der Waals surface area contributed by atoms with Crippen molar-refractivity contribution in [3.63, 3.8) is 0 Å². The van der Waals surface area contributed by atoms with Gasteiger partial charge < -0.3 is 24.8 Å². The third-order valence-electron chi connectivity index (χ3n) is 3.12. The Bertz CT molecular complexity index is 317. The monoisotopic (exact) mass is 258 g/mol. The fourth-order valence-electron chi connectivity index (χ4n) is 2.22. The van der Waals surface area contributed by atoms with Crippen LogP contribution in [0, 0.1) is 0 Å². The molecule has 102 valence electrons. The van der Waals surface area contributed by atoms with Crippen LogP contribution in [0.25, 0.3) is 0 Å². The summed E-state index contributed by atoms with van der Waals surface area (Å²) in [4.78, 5) is 24.6. The molecule has 0 saturated carbocycles. The first-order valence-corrected chi connectivity index (χ1v) is 6.11. The van der Waals surface area contributed by atoms with E-state index in [0.717, 1.165) is 6.54 Å². The minimum atomic E-state index is -0.925. The van der Waals surface area contributed by atoms with Crippen LogP contribution in [-0.2, 0) is 19.1 Å². The second kappa shape index (κ2) is 6.12. The summed E-state index contributed by atoms with van der Waals surface area (Å²) in [6, 6.07) is -0.394. The van der Waals surface area contributed by atoms with Gasteiger partial charge in [0, 0.05) is 19.6 Å². The van der Waals surface area contributed by atoms with Gasteiger partial charge in [-0.25, -0.2) is 0 Å². The van der Waals surface area contributed by atoms with Gasteiger partial charge in [-0.15, -0.1) is 0 Å². The van der Waals surface area contributed by atoms with Gasteiger partial charge in [0.05, 0.1) is 32.3 Å². The van der Waals surface area contributed by atoms with Crippen molar-refractivity contribution in [3.05, 3.63) is 0 Å². The fourth-order valence-corrected chi connectivity index (χ4v) is 2.22. The molecule has 7 nitrogen and oxygen atoms in total. The number of nitrogens with one attached hydrogen (secondary N) is 1. The molecule has 2 saturated heterocycles. The van der Waals surface area contributed by atoms with Gasteiger partial charge in [-0.2, -0.15) is 0 Å². The molecule has 0 aromatic carbocycles. The van der Waals surface area contributed by atoms with E-state index < -0.39 is 18.1 Å². The molecule has 7 heteroatoms. The molecule has 2 atom stereocenters. The molecule has 0 aliphatic carbocycles. The Kier molecular flexibility index (Phi) is 4.51. The van der Waals surface area contributed by atoms with Crippen molar-refractivity contribution in [2.24, 2.45) is 0 Å². The Morgan fingerprint density at radius 1 is 1.39 bits per heavy atom. The third-order valence-corrected chi connectivity index (χ3v) is 3.12. The number of aliphatic carboxylic acids is 1. The lowest BCUT2D eigenvalue weighted by Crippen LogP contribution is -2.56. The van der Waals surface area contributed by atoms with E-state index in [0.29, 0.717) is 26.3 Å². The van der Waals surface area contributed by atoms with Crippen molar-refractivity contribution in [1.29, 1.82) is 0 Å². The van der Waals surface area contributed by atoms with E-state index >= 15 is 0 Å². The number of carbonyl (C=O) groups excluding carboxylic acids is 1. The molecule has 0 aromatic heterocycles. The SMILES string of the molecule is O=C(O)CC1COCCN1C(=O)C1CNCCO1. The lowest BCUT2D eigenvalue weighted by molar-refractivity contribution is -0.156. The molecule has 2 aliphatic rings. The van der Waals surface area contributed by atoms with Gasteiger partial charge in [-0.3, -0.25) is 9.59 Å². The van der Waals surface area contributed by atoms with Gasteiger partial charge in [0.1, 0.15) is 6.10 Å². The quantitative estimate of drug-likeness (QED) is 0.652. The molecule has 2 rings (SSSR count). The maximum absolute atomic E-state index is 12.3. The van der Waals surface area contributed by atoms with Crippen LogP contribution in [0.2, 0.25) is 0 Å². The molecule has 18 heavy (non-hydrogen) atoms. The normalized spacial score (nSPS) is 29.0. The molecule has 2 unspecified atom stereocenters. The second-order valence-electron chi connectivity index (χ2n) is 4.42. The van der Waals surface area contributed by atoms with Crippen molar-refractivity contribution < 1.29 is 24.2 Å². The van der Waals surface area contributed by atoms with E-state index in [1.165, 1.54) is 0 Å². The van der Waals surface area contributed by atoms with Crippen LogP contribution < -0.4 is 5.32 Å². The number of rotatable bonds is 3. The molecular formula is C11H18N2O5. The van der Waals surface area contributed by atoms with Crippen LogP contribution in [0.1, 0.15) is 6.42 Å². The molecule has 0 spiro atoms. The molecule has 2 fully saturated rings. The fraction of sp³-hybridized carbons (Fsp3) is 0.818. The van der Waals surface area contributed by atoms with Crippen LogP contribution in [0.3, 0.4) is 0 Å². The van der Waals surface area contributed by atoms with E-state index in [1.807, 2.05) is 0 Å². The standard InChI is InChI=1S/C11H18N2O5/c14-10(15)5-8-7-17-4-2-13(8)11(16)9-6-12-1-3-18-9/h8-9,12H,1-7H2,(H,14,15). The van der Waals surface area contributed by atoms with E-state index in [9.17, 15) is 9.59 Å². The lowest BCUT2D eigenvalue weighted by atomic mass is 10.1. The maximum atomic E-state index is 12.3. The maximum Gasteiger partial charge on any atom is 0.305 e. The van der Waals surface area contributed by atoms with Crippen molar-refractivity contribution in [2.45, 2.75) is 18.6 Å². The highest BCUT2D eigenvalue weighted by Crippen LogP contribution is 2.14. The van der Waals surface area contributed by atoms with E-state index in [2.05, 4.69) is 5.32 Å². The zero-order valence-electron chi connectivity index (χ0n) is 10.1. The van der Waals surface area contributed by atoms with Gasteiger partial charge in [0.25, 0.3) is 5.91 Å². The minimum Gasteiger partial charge on any atom is -0.481 e. The Balaban J connectivity index is 1.98. The van der Waals surface area contributed by atoms with Crippen molar-refractivity contribution in [1.82, 2.24) is 10.2 Å². The first-order chi connectivity index (χ1) is 8.68. The molecule has 1 amide bonds. The van der Waals surface area contributed by atoms with Gasteiger partial charge in [0.2, 0.25) is 0 Å². The van der Waals surface area contributed by atoms with Crippen LogP contribution >= 0.6 is 0 Å². The number of hydrogen-bond acceptors (Lipinski definition) is 5. The zero-order valence-corrected chi connectivity index (χ0v) is 10.1. The second-order valence-corrected chi connectivity index (χ2v) is 4.42. The largest absolute Gasteiger partial charge is 0.481 e. The predicted molar refractivity (Wildman–Crippen MR) is 61.2 cm³/mol. The molecule has 0 aromatic rings. The van der Waals surface area contributed by atoms with Crippen molar-refractivity contribution in [2.75, 3.05) is 39.5 Å². The van der Waals surface area contributed by atoms with Gasteiger partial charge in [-0.05, 0) is 0 Å². The lowest BCUT2D eigenvalue weighted by Gasteiger charge is -2.37. The summed E-state index contributed by atoms with van der Waals surface area (Å²) in [6.45, 7) is 2.88. The summed E-state index contributed by atoms with van der Waals surface area (Å²) in [5.41, 5.74) is 0. The van der Waals surface area contributed by atoms with Crippen molar-refractivity contribution >= 4 is 11.9 Å². The molecule has 0 bridgehead atoms. The number of carbonyl (C=O) groups is 2. The summed E-state index contributed by atoms with van der Waals surface area (Å²) in [6.07, 6.45) is -0.598. The molecular weight excluding hydrogens is 240 g/mol. The highest BCUT2D eigenvalue weighted by atomic mass is 16.5. The average molecular weight is 258 g/mol. The summed E-state index contributed by atoms with van der Waals surface area (Å²) in [5.74, 6) is -1.07. The zero-order chi connectivity index (χ0) is 13.0. The highest BCUT2D eigenvalue weighted by molar-refractivity contribution is 5.82. The number of carboxylic acid groups (broad SMARTS) is 1. The number of morpholine rings is 2. The molecule has 2 heterocycles. The number of carboxylic acids is 1. The summed E-state index contributed by atoms with van der Waals surface area (Å²) in [5, 5.41) is 11.9. The van der Waals surface area contributed by atoms with Crippen LogP contribution in [-0.4, -0.2) is 73.5 Å². The van der Waals surface area contributed by atoms with E-state index in [-0.39, 0.29) is 18.9 Å². The van der Waals surface area contributed by atoms with Crippen LogP contribution in [0.15, 0.2) is 0 Å². The number of nitrogens with zero attached hydrogens (tertiary/aromatic N) is 1. The third kappa shape index (κ3) is 3.18. The van der Waals surface area contributed by atoms with Crippen molar-refractivity contribution in [3.8, 4) is 0 Å². The first-order valence-electron chi connectivity index (χ1n) is 6.11. The number of ether oxygens (including phenoxy) is 2. The van der Waals surface area contributed by atoms with Gasteiger partial charge >= 0.3 is 5.97 Å². The first kappa shape index (κ1) is 13.3. The van der Waals surface area contributed by atoms with Crippen LogP contribution in [0.5, 0.6) is 0 Å². The average Bonchev–Trinajstić information content (AvgIpc) is 2.39. The Labute approximate surface area is 105 Å². The highest BCUT2D eigenvalue weighted by Gasteiger charge is 2.34. The van der Waals surface area contributed by atoms with Gasteiger partial charge in [0.15, 0.2) is 0 Å². The summed E-state index contributed by atoms with van der Waals surface area (Å²) < 4.78 is 10.6. The summed E-state index contributed by atoms with van der Waals surface area (Å²) >= 11 is 0. The molecule has 2 aliphatic heterocycles. The van der Waals surface area contributed by atoms with Gasteiger partial charge in [-0.1, -0.05) is 0 Å². The predicted octanol–water partition coefficient (Wildman–Crippen LogP) is -1.32. The summed E-state index contributed by atoms with van der Waals surface area (Å²) in [7, 11) is 0. The molecule has 0 radical (unpaired) electrons. The topological polar surface area (TPSA) is 88.1 Å². The minimum absolute atomic E-state index is 0.0914. The molecule has 2 N–H and O–H groups in total. The smallest absolute Gasteiger partial charge is 0.305 e. The van der Waals surface area contributed by atoms with E-state index in [4.69, 9.17) is 14.6 Å². The van der Waals surface area contributed by atoms with Crippen LogP contribution in [0.4, 0.5) is 0 Å². The van der Waals surface area contributed by atoms with E-state index in [1.54, 1.807) is 4.90 Å².